The van der Waals surface area contributed by atoms with Crippen LogP contribution in [0.2, 0.25) is 0 Å². The SMILES string of the molecule is CC(C)(C)OC(=O)N1CCc2cc(C(=O)O)nn2C1. The summed E-state index contributed by atoms with van der Waals surface area (Å²) in [6, 6.07) is 1.54. The number of aromatic nitrogens is 2. The summed E-state index contributed by atoms with van der Waals surface area (Å²) < 4.78 is 6.80. The molecule has 1 aromatic heterocycles. The second-order valence-electron chi connectivity index (χ2n) is 5.46. The maximum Gasteiger partial charge on any atom is 0.411 e. The summed E-state index contributed by atoms with van der Waals surface area (Å²) in [6.45, 7) is 6.13. The van der Waals surface area contributed by atoms with Crippen molar-refractivity contribution < 1.29 is 19.4 Å². The molecule has 0 spiro atoms. The number of hydrogen-bond acceptors (Lipinski definition) is 4. The van der Waals surface area contributed by atoms with Crippen molar-refractivity contribution in [2.75, 3.05) is 6.54 Å². The van der Waals surface area contributed by atoms with Crippen LogP contribution in [0, 0.1) is 0 Å². The largest absolute Gasteiger partial charge is 0.476 e. The molecule has 0 fully saturated rings. The van der Waals surface area contributed by atoms with Crippen LogP contribution in [-0.4, -0.2) is 44.0 Å². The van der Waals surface area contributed by atoms with Crippen molar-refractivity contribution in [3.05, 3.63) is 17.5 Å². The molecule has 7 heteroatoms. The number of carboxylic acids is 1. The smallest absolute Gasteiger partial charge is 0.411 e. The van der Waals surface area contributed by atoms with E-state index in [-0.39, 0.29) is 12.4 Å². The standard InChI is InChI=1S/C12H17N3O4/c1-12(2,3)19-11(18)14-5-4-8-6-9(10(16)17)13-15(8)7-14/h6H,4-5,7H2,1-3H3,(H,16,17). The fourth-order valence-corrected chi connectivity index (χ4v) is 1.84. The minimum atomic E-state index is -1.06. The van der Waals surface area contributed by atoms with E-state index in [1.54, 1.807) is 20.8 Å². The number of aromatic carboxylic acids is 1. The fraction of sp³-hybridized carbons (Fsp3) is 0.583. The summed E-state index contributed by atoms with van der Waals surface area (Å²) in [6.07, 6.45) is 0.157. The molecular formula is C12H17N3O4. The first-order valence-corrected chi connectivity index (χ1v) is 6.04. The van der Waals surface area contributed by atoms with Crippen LogP contribution in [0.25, 0.3) is 0 Å². The summed E-state index contributed by atoms with van der Waals surface area (Å²) >= 11 is 0. The van der Waals surface area contributed by atoms with E-state index >= 15 is 0 Å². The van der Waals surface area contributed by atoms with Gasteiger partial charge in [-0.2, -0.15) is 5.10 Å². The third-order valence-corrected chi connectivity index (χ3v) is 2.68. The molecule has 2 heterocycles. The first-order chi connectivity index (χ1) is 8.76. The molecule has 2 rings (SSSR count). The maximum atomic E-state index is 11.9. The van der Waals surface area contributed by atoms with Crippen molar-refractivity contribution in [2.45, 2.75) is 39.5 Å². The molecule has 0 saturated carbocycles. The molecule has 1 aliphatic rings. The number of fused-ring (bicyclic) bond motifs is 1. The number of nitrogens with zero attached hydrogens (tertiary/aromatic N) is 3. The molecule has 0 bridgehead atoms. The van der Waals surface area contributed by atoms with Crippen LogP contribution in [-0.2, 0) is 17.8 Å². The van der Waals surface area contributed by atoms with Gasteiger partial charge in [0.2, 0.25) is 0 Å². The van der Waals surface area contributed by atoms with Crippen molar-refractivity contribution in [2.24, 2.45) is 0 Å². The number of amides is 1. The van der Waals surface area contributed by atoms with Gasteiger partial charge in [0, 0.05) is 18.7 Å². The predicted octanol–water partition coefficient (Wildman–Crippen LogP) is 1.33. The van der Waals surface area contributed by atoms with Gasteiger partial charge >= 0.3 is 12.1 Å². The topological polar surface area (TPSA) is 84.7 Å². The number of ether oxygens (including phenoxy) is 1. The Balaban J connectivity index is 2.09. The zero-order valence-electron chi connectivity index (χ0n) is 11.2. The average Bonchev–Trinajstić information content (AvgIpc) is 2.69. The monoisotopic (exact) mass is 267 g/mol. The highest BCUT2D eigenvalue weighted by Crippen LogP contribution is 2.16. The number of carbonyl (C=O) groups excluding carboxylic acids is 1. The van der Waals surface area contributed by atoms with E-state index < -0.39 is 17.7 Å². The van der Waals surface area contributed by atoms with E-state index in [1.165, 1.54) is 15.6 Å². The highest BCUT2D eigenvalue weighted by atomic mass is 16.6. The minimum absolute atomic E-state index is 0.000962. The quantitative estimate of drug-likeness (QED) is 0.829. The molecule has 0 atom stereocenters. The lowest BCUT2D eigenvalue weighted by atomic mass is 10.2. The van der Waals surface area contributed by atoms with Crippen LogP contribution in [0.5, 0.6) is 0 Å². The lowest BCUT2D eigenvalue weighted by molar-refractivity contribution is 0.0150. The van der Waals surface area contributed by atoms with Gasteiger partial charge in [-0.05, 0) is 26.8 Å². The highest BCUT2D eigenvalue weighted by molar-refractivity contribution is 5.85. The van der Waals surface area contributed by atoms with E-state index in [0.29, 0.717) is 13.0 Å². The number of rotatable bonds is 1. The summed E-state index contributed by atoms with van der Waals surface area (Å²) in [5.41, 5.74) is 0.270. The van der Waals surface area contributed by atoms with Crippen molar-refractivity contribution in [3.8, 4) is 0 Å². The molecule has 104 valence electrons. The molecule has 0 unspecified atom stereocenters. The van der Waals surface area contributed by atoms with Crippen molar-refractivity contribution in [1.82, 2.24) is 14.7 Å². The molecule has 1 N–H and O–H groups in total. The van der Waals surface area contributed by atoms with Gasteiger partial charge < -0.3 is 9.84 Å². The predicted molar refractivity (Wildman–Crippen MR) is 65.8 cm³/mol. The zero-order valence-corrected chi connectivity index (χ0v) is 11.2. The van der Waals surface area contributed by atoms with E-state index in [1.807, 2.05) is 0 Å². The Morgan fingerprint density at radius 2 is 2.11 bits per heavy atom. The Morgan fingerprint density at radius 3 is 2.68 bits per heavy atom. The molecule has 0 radical (unpaired) electrons. The van der Waals surface area contributed by atoms with Crippen LogP contribution in [0.4, 0.5) is 4.79 Å². The van der Waals surface area contributed by atoms with E-state index in [4.69, 9.17) is 9.84 Å². The van der Waals surface area contributed by atoms with Crippen molar-refractivity contribution >= 4 is 12.1 Å². The molecule has 0 aliphatic carbocycles. The summed E-state index contributed by atoms with van der Waals surface area (Å²) in [7, 11) is 0. The van der Waals surface area contributed by atoms with Gasteiger partial charge in [-0.15, -0.1) is 0 Å². The fourth-order valence-electron chi connectivity index (χ4n) is 1.84. The molecule has 0 aromatic carbocycles. The van der Waals surface area contributed by atoms with E-state index in [0.717, 1.165) is 5.69 Å². The Morgan fingerprint density at radius 1 is 1.42 bits per heavy atom. The summed E-state index contributed by atoms with van der Waals surface area (Å²) in [5, 5.41) is 12.8. The Kier molecular flexibility index (Phi) is 3.21. The third kappa shape index (κ3) is 3.04. The molecule has 1 amide bonds. The average molecular weight is 267 g/mol. The lowest BCUT2D eigenvalue weighted by Gasteiger charge is -2.30. The maximum absolute atomic E-state index is 11.9. The molecule has 0 saturated heterocycles. The van der Waals surface area contributed by atoms with Gasteiger partial charge in [0.1, 0.15) is 12.3 Å². The summed E-state index contributed by atoms with van der Waals surface area (Å²) in [4.78, 5) is 24.3. The van der Waals surface area contributed by atoms with Crippen LogP contribution in [0.15, 0.2) is 6.07 Å². The van der Waals surface area contributed by atoms with Crippen LogP contribution >= 0.6 is 0 Å². The zero-order chi connectivity index (χ0) is 14.2. The van der Waals surface area contributed by atoms with E-state index in [9.17, 15) is 9.59 Å². The number of carbonyl (C=O) groups is 2. The van der Waals surface area contributed by atoms with Crippen molar-refractivity contribution in [3.63, 3.8) is 0 Å². The molecular weight excluding hydrogens is 250 g/mol. The van der Waals surface area contributed by atoms with Gasteiger partial charge in [-0.3, -0.25) is 4.90 Å². The molecule has 1 aromatic rings. The third-order valence-electron chi connectivity index (χ3n) is 2.68. The van der Waals surface area contributed by atoms with Crippen molar-refractivity contribution in [1.29, 1.82) is 0 Å². The number of hydrogen-bond donors (Lipinski definition) is 1. The normalized spacial score (nSPS) is 15.0. The number of carboxylic acid groups (broad SMARTS) is 1. The van der Waals surface area contributed by atoms with Crippen LogP contribution in [0.3, 0.4) is 0 Å². The Labute approximate surface area is 110 Å². The molecule has 7 nitrogen and oxygen atoms in total. The summed E-state index contributed by atoms with van der Waals surface area (Å²) in [5.74, 6) is -1.06. The molecule has 19 heavy (non-hydrogen) atoms. The van der Waals surface area contributed by atoms with Gasteiger partial charge in [-0.1, -0.05) is 0 Å². The minimum Gasteiger partial charge on any atom is -0.476 e. The van der Waals surface area contributed by atoms with Gasteiger partial charge in [-0.25, -0.2) is 14.3 Å². The Hall–Kier alpha value is -2.05. The Bertz CT molecular complexity index is 516. The highest BCUT2D eigenvalue weighted by Gasteiger charge is 2.27. The first-order valence-electron chi connectivity index (χ1n) is 6.04. The van der Waals surface area contributed by atoms with Gasteiger partial charge in [0.05, 0.1) is 0 Å². The second kappa shape index (κ2) is 4.56. The van der Waals surface area contributed by atoms with Gasteiger partial charge in [0.15, 0.2) is 5.69 Å². The van der Waals surface area contributed by atoms with Crippen LogP contribution in [0.1, 0.15) is 37.0 Å². The first kappa shape index (κ1) is 13.4. The molecule has 1 aliphatic heterocycles. The van der Waals surface area contributed by atoms with Crippen LogP contribution < -0.4 is 0 Å². The lowest BCUT2D eigenvalue weighted by Crippen LogP contribution is -2.42. The second-order valence-corrected chi connectivity index (χ2v) is 5.46. The van der Waals surface area contributed by atoms with E-state index in [2.05, 4.69) is 5.10 Å². The van der Waals surface area contributed by atoms with Gasteiger partial charge in [0.25, 0.3) is 0 Å².